The molecule has 0 spiro atoms. The summed E-state index contributed by atoms with van der Waals surface area (Å²) in [4.78, 5) is 0. The van der Waals surface area contributed by atoms with Crippen molar-refractivity contribution in [2.24, 2.45) is 11.1 Å². The number of hydrogen-bond acceptors (Lipinski definition) is 3. The first-order valence-corrected chi connectivity index (χ1v) is 7.24. The fraction of sp³-hybridized carbons (Fsp3) is 0.625. The smallest absolute Gasteiger partial charge is 0.0966 e. The predicted octanol–water partition coefficient (Wildman–Crippen LogP) is 2.43. The number of rotatable bonds is 5. The first kappa shape index (κ1) is 14.5. The van der Waals surface area contributed by atoms with E-state index in [1.165, 1.54) is 0 Å². The molecule has 1 atom stereocenters. The van der Waals surface area contributed by atoms with Crippen molar-refractivity contribution in [3.8, 4) is 0 Å². The SMILES string of the molecule is CCCC(O)(c1ccccc1)C1(CN)CCOCC1. The van der Waals surface area contributed by atoms with E-state index in [1.807, 2.05) is 30.3 Å². The monoisotopic (exact) mass is 263 g/mol. The van der Waals surface area contributed by atoms with Gasteiger partial charge < -0.3 is 15.6 Å². The molecule has 3 nitrogen and oxygen atoms in total. The van der Waals surface area contributed by atoms with E-state index in [0.29, 0.717) is 19.8 Å². The topological polar surface area (TPSA) is 55.5 Å². The molecular weight excluding hydrogens is 238 g/mol. The number of ether oxygens (including phenoxy) is 1. The molecule has 1 aliphatic rings. The Labute approximate surface area is 115 Å². The lowest BCUT2D eigenvalue weighted by Gasteiger charge is -2.49. The minimum atomic E-state index is -0.846. The van der Waals surface area contributed by atoms with Gasteiger partial charge in [0.15, 0.2) is 0 Å². The predicted molar refractivity (Wildman–Crippen MR) is 76.8 cm³/mol. The lowest BCUT2D eigenvalue weighted by atomic mass is 9.62. The van der Waals surface area contributed by atoms with Crippen LogP contribution in [0.25, 0.3) is 0 Å². The van der Waals surface area contributed by atoms with Crippen molar-refractivity contribution in [1.29, 1.82) is 0 Å². The summed E-state index contributed by atoms with van der Waals surface area (Å²) in [5.74, 6) is 0. The highest BCUT2D eigenvalue weighted by atomic mass is 16.5. The Kier molecular flexibility index (Phi) is 4.61. The van der Waals surface area contributed by atoms with Gasteiger partial charge >= 0.3 is 0 Å². The van der Waals surface area contributed by atoms with E-state index in [4.69, 9.17) is 10.5 Å². The highest BCUT2D eigenvalue weighted by Gasteiger charge is 2.50. The van der Waals surface area contributed by atoms with Crippen LogP contribution in [-0.2, 0) is 10.3 Å². The third-order valence-electron chi connectivity index (χ3n) is 4.58. The third-order valence-corrected chi connectivity index (χ3v) is 4.58. The standard InChI is InChI=1S/C16H25NO2/c1-2-8-16(18,14-6-4-3-5-7-14)15(13-17)9-11-19-12-10-15/h3-7,18H,2,8-13,17H2,1H3. The van der Waals surface area contributed by atoms with E-state index in [9.17, 15) is 5.11 Å². The van der Waals surface area contributed by atoms with Gasteiger partial charge in [0, 0.05) is 25.2 Å². The maximum absolute atomic E-state index is 11.4. The zero-order chi connectivity index (χ0) is 13.8. The number of aliphatic hydroxyl groups is 1. The molecule has 0 aromatic heterocycles. The summed E-state index contributed by atoms with van der Waals surface area (Å²) < 4.78 is 5.47. The average Bonchev–Trinajstić information content (AvgIpc) is 2.49. The molecule has 3 heteroatoms. The van der Waals surface area contributed by atoms with Crippen LogP contribution < -0.4 is 5.73 Å². The van der Waals surface area contributed by atoms with E-state index < -0.39 is 5.60 Å². The van der Waals surface area contributed by atoms with Crippen molar-refractivity contribution in [3.05, 3.63) is 35.9 Å². The van der Waals surface area contributed by atoms with Gasteiger partial charge in [-0.2, -0.15) is 0 Å². The zero-order valence-corrected chi connectivity index (χ0v) is 11.8. The first-order chi connectivity index (χ1) is 9.18. The molecule has 1 aromatic carbocycles. The van der Waals surface area contributed by atoms with E-state index in [-0.39, 0.29) is 5.41 Å². The van der Waals surface area contributed by atoms with Gasteiger partial charge in [-0.25, -0.2) is 0 Å². The fourth-order valence-electron chi connectivity index (χ4n) is 3.34. The average molecular weight is 263 g/mol. The summed E-state index contributed by atoms with van der Waals surface area (Å²) in [7, 11) is 0. The molecule has 1 aliphatic heterocycles. The minimum absolute atomic E-state index is 0.261. The molecular formula is C16H25NO2. The molecule has 106 valence electrons. The molecule has 3 N–H and O–H groups in total. The van der Waals surface area contributed by atoms with Crippen molar-refractivity contribution in [2.75, 3.05) is 19.8 Å². The van der Waals surface area contributed by atoms with E-state index in [2.05, 4.69) is 6.92 Å². The summed E-state index contributed by atoms with van der Waals surface area (Å²) in [6, 6.07) is 9.99. The van der Waals surface area contributed by atoms with Crippen molar-refractivity contribution >= 4 is 0 Å². The number of benzene rings is 1. The van der Waals surface area contributed by atoms with Crippen LogP contribution in [0.2, 0.25) is 0 Å². The highest BCUT2D eigenvalue weighted by Crippen LogP contribution is 2.49. The minimum Gasteiger partial charge on any atom is -0.385 e. The van der Waals surface area contributed by atoms with E-state index in [0.717, 1.165) is 31.2 Å². The molecule has 2 rings (SSSR count). The Bertz CT molecular complexity index is 387. The Morgan fingerprint density at radius 3 is 2.42 bits per heavy atom. The molecule has 1 unspecified atom stereocenters. The summed E-state index contributed by atoms with van der Waals surface area (Å²) in [5.41, 5.74) is 5.96. The van der Waals surface area contributed by atoms with Crippen LogP contribution >= 0.6 is 0 Å². The van der Waals surface area contributed by atoms with Crippen molar-refractivity contribution in [2.45, 2.75) is 38.2 Å². The molecule has 0 bridgehead atoms. The summed E-state index contributed by atoms with van der Waals surface area (Å²) >= 11 is 0. The van der Waals surface area contributed by atoms with Crippen molar-refractivity contribution < 1.29 is 9.84 Å². The number of nitrogens with two attached hydrogens (primary N) is 1. The van der Waals surface area contributed by atoms with Crippen LogP contribution in [0.4, 0.5) is 0 Å². The second kappa shape index (κ2) is 6.04. The number of hydrogen-bond donors (Lipinski definition) is 2. The normalized spacial score (nSPS) is 21.8. The Hall–Kier alpha value is -0.900. The third kappa shape index (κ3) is 2.55. The largest absolute Gasteiger partial charge is 0.385 e. The van der Waals surface area contributed by atoms with E-state index >= 15 is 0 Å². The summed E-state index contributed by atoms with van der Waals surface area (Å²) in [6.45, 7) is 3.99. The van der Waals surface area contributed by atoms with Crippen LogP contribution in [0.3, 0.4) is 0 Å². The van der Waals surface area contributed by atoms with Crippen molar-refractivity contribution in [1.82, 2.24) is 0 Å². The first-order valence-electron chi connectivity index (χ1n) is 7.24. The maximum Gasteiger partial charge on any atom is 0.0966 e. The fourth-order valence-corrected chi connectivity index (χ4v) is 3.34. The van der Waals surface area contributed by atoms with Gasteiger partial charge in [-0.05, 0) is 24.8 Å². The second-order valence-electron chi connectivity index (χ2n) is 5.57. The van der Waals surface area contributed by atoms with Crippen LogP contribution in [0, 0.1) is 5.41 Å². The van der Waals surface area contributed by atoms with Crippen LogP contribution in [0.5, 0.6) is 0 Å². The molecule has 1 aromatic rings. The molecule has 0 saturated carbocycles. The summed E-state index contributed by atoms with van der Waals surface area (Å²) in [6.07, 6.45) is 3.34. The molecule has 1 heterocycles. The molecule has 1 fully saturated rings. The van der Waals surface area contributed by atoms with E-state index in [1.54, 1.807) is 0 Å². The van der Waals surface area contributed by atoms with Gasteiger partial charge in [0.2, 0.25) is 0 Å². The molecule has 19 heavy (non-hydrogen) atoms. The van der Waals surface area contributed by atoms with Crippen LogP contribution in [0.15, 0.2) is 30.3 Å². The Balaban J connectivity index is 2.42. The maximum atomic E-state index is 11.4. The Morgan fingerprint density at radius 1 is 1.26 bits per heavy atom. The summed E-state index contributed by atoms with van der Waals surface area (Å²) in [5, 5.41) is 11.4. The molecule has 1 saturated heterocycles. The molecule has 0 radical (unpaired) electrons. The highest BCUT2D eigenvalue weighted by molar-refractivity contribution is 5.26. The van der Waals surface area contributed by atoms with Crippen LogP contribution in [-0.4, -0.2) is 24.9 Å². The van der Waals surface area contributed by atoms with Gasteiger partial charge in [0.1, 0.15) is 0 Å². The van der Waals surface area contributed by atoms with Gasteiger partial charge in [-0.3, -0.25) is 0 Å². The van der Waals surface area contributed by atoms with Gasteiger partial charge in [0.05, 0.1) is 5.60 Å². The lowest BCUT2D eigenvalue weighted by Crippen LogP contribution is -2.53. The van der Waals surface area contributed by atoms with Gasteiger partial charge in [0.25, 0.3) is 0 Å². The van der Waals surface area contributed by atoms with Crippen LogP contribution in [0.1, 0.15) is 38.2 Å². The molecule has 0 aliphatic carbocycles. The molecule has 0 amide bonds. The lowest BCUT2D eigenvalue weighted by molar-refractivity contribution is -0.140. The van der Waals surface area contributed by atoms with Gasteiger partial charge in [-0.15, -0.1) is 0 Å². The Morgan fingerprint density at radius 2 is 1.89 bits per heavy atom. The zero-order valence-electron chi connectivity index (χ0n) is 11.8. The second-order valence-corrected chi connectivity index (χ2v) is 5.57. The van der Waals surface area contributed by atoms with Gasteiger partial charge in [-0.1, -0.05) is 43.7 Å². The van der Waals surface area contributed by atoms with Crippen molar-refractivity contribution in [3.63, 3.8) is 0 Å². The quantitative estimate of drug-likeness (QED) is 0.858.